The number of carbonyl (C=O) groups excluding carboxylic acids is 1. The van der Waals surface area contributed by atoms with Crippen LogP contribution >= 0.6 is 11.3 Å². The zero-order valence-corrected chi connectivity index (χ0v) is 30.2. The van der Waals surface area contributed by atoms with E-state index in [1.807, 2.05) is 6.07 Å². The van der Waals surface area contributed by atoms with Crippen molar-refractivity contribution in [1.29, 1.82) is 0 Å². The number of halogens is 3. The van der Waals surface area contributed by atoms with Gasteiger partial charge in [-0.05, 0) is 61.9 Å². The fourth-order valence-corrected chi connectivity index (χ4v) is 7.27. The molecule has 0 bridgehead atoms. The number of ether oxygens (including phenoxy) is 3. The van der Waals surface area contributed by atoms with E-state index in [4.69, 9.17) is 24.1 Å². The summed E-state index contributed by atoms with van der Waals surface area (Å²) in [7, 11) is -1.07. The number of sulfonamides is 1. The van der Waals surface area contributed by atoms with Gasteiger partial charge < -0.3 is 24.6 Å². The summed E-state index contributed by atoms with van der Waals surface area (Å²) in [6, 6.07) is 11.3. The molecule has 20 heteroatoms. The van der Waals surface area contributed by atoms with Crippen LogP contribution in [0.4, 0.5) is 24.5 Å². The van der Waals surface area contributed by atoms with Gasteiger partial charge in [0.25, 0.3) is 15.9 Å². The highest BCUT2D eigenvalue weighted by Crippen LogP contribution is 2.34. The maximum Gasteiger partial charge on any atom is 0.490 e. The Labute approximate surface area is 305 Å². The third-order valence-electron chi connectivity index (χ3n) is 7.68. The van der Waals surface area contributed by atoms with Crippen LogP contribution in [0.1, 0.15) is 29.3 Å². The van der Waals surface area contributed by atoms with Crippen molar-refractivity contribution >= 4 is 55.5 Å². The first-order chi connectivity index (χ1) is 25.1. The van der Waals surface area contributed by atoms with E-state index in [0.29, 0.717) is 45.7 Å². The van der Waals surface area contributed by atoms with Crippen molar-refractivity contribution in [3.63, 3.8) is 0 Å². The quantitative estimate of drug-likeness (QED) is 0.141. The molecule has 15 nitrogen and oxygen atoms in total. The molecule has 3 aromatic heterocycles. The van der Waals surface area contributed by atoms with E-state index in [-0.39, 0.29) is 34.6 Å². The van der Waals surface area contributed by atoms with Gasteiger partial charge in [0.1, 0.15) is 22.1 Å². The number of nitrogens with one attached hydrogen (secondary N) is 3. The predicted molar refractivity (Wildman–Crippen MR) is 189 cm³/mol. The minimum absolute atomic E-state index is 0.0453. The number of rotatable bonds is 10. The molecule has 0 spiro atoms. The van der Waals surface area contributed by atoms with Gasteiger partial charge in [0.05, 0.1) is 55.3 Å². The molecule has 1 saturated heterocycles. The van der Waals surface area contributed by atoms with Crippen LogP contribution in [0.25, 0.3) is 22.0 Å². The van der Waals surface area contributed by atoms with Gasteiger partial charge in [-0.25, -0.2) is 23.2 Å². The van der Waals surface area contributed by atoms with Crippen LogP contribution in [0.15, 0.2) is 65.1 Å². The lowest BCUT2D eigenvalue weighted by Crippen LogP contribution is -2.44. The van der Waals surface area contributed by atoms with E-state index in [1.165, 1.54) is 37.7 Å². The van der Waals surface area contributed by atoms with E-state index in [2.05, 4.69) is 49.0 Å². The number of H-pyrrole nitrogens is 1. The topological polar surface area (TPSA) is 198 Å². The van der Waals surface area contributed by atoms with Crippen LogP contribution in [0.3, 0.4) is 0 Å². The molecule has 282 valence electrons. The molecule has 1 aliphatic rings. The monoisotopic (exact) mass is 777 g/mol. The first-order valence-corrected chi connectivity index (χ1v) is 18.0. The molecular weight excluding hydrogens is 744 g/mol. The summed E-state index contributed by atoms with van der Waals surface area (Å²) in [5, 5.41) is 20.5. The number of aromatic nitrogens is 4. The summed E-state index contributed by atoms with van der Waals surface area (Å²) in [5.41, 5.74) is 2.86. The molecule has 53 heavy (non-hydrogen) atoms. The lowest BCUT2D eigenvalue weighted by Gasteiger charge is -2.34. The zero-order chi connectivity index (χ0) is 38.5. The van der Waals surface area contributed by atoms with Crippen LogP contribution in [0.5, 0.6) is 11.6 Å². The molecule has 2 aromatic carbocycles. The maximum absolute atomic E-state index is 13.4. The number of hydrogen-bond acceptors (Lipinski definition) is 12. The number of aliphatic carboxylic acids is 1. The predicted octanol–water partition coefficient (Wildman–Crippen LogP) is 5.39. The molecule has 1 fully saturated rings. The number of aromatic amines is 1. The molecule has 0 saturated carbocycles. The summed E-state index contributed by atoms with van der Waals surface area (Å²) in [5.74, 6) is -2.48. The number of benzene rings is 2. The van der Waals surface area contributed by atoms with E-state index in [9.17, 15) is 26.4 Å². The van der Waals surface area contributed by atoms with Crippen LogP contribution in [-0.2, 0) is 26.1 Å². The summed E-state index contributed by atoms with van der Waals surface area (Å²) in [6.45, 7) is 6.37. The lowest BCUT2D eigenvalue weighted by molar-refractivity contribution is -0.192. The first kappa shape index (κ1) is 38.9. The van der Waals surface area contributed by atoms with Crippen molar-refractivity contribution in [3.05, 3.63) is 70.9 Å². The number of thiazole rings is 1. The molecule has 4 heterocycles. The minimum Gasteiger partial charge on any atom is -0.497 e. The Bertz CT molecular complexity index is 2180. The molecule has 0 radical (unpaired) electrons. The standard InChI is InChI=1S/C31H33N7O6S2.C2HF3O2/c1-18-14-38(15-19(2)44-18)16-29-34-28(17-45-29)30(39)35-25-9-20(10-26-24(25)13-33-36-26)21-11-27(31(43-4)32-12-21)37-46(40,41)23-7-5-22(42-3)6-8-23;3-2(4,5)1(6)7/h5-13,17-19,37H,14-16H2,1-4H3,(H,33,36)(H,35,39);(H,6,7)/t18-,19+;. The van der Waals surface area contributed by atoms with E-state index < -0.39 is 22.2 Å². The highest BCUT2D eigenvalue weighted by atomic mass is 32.2. The second-order valence-corrected chi connectivity index (χ2v) is 14.4. The van der Waals surface area contributed by atoms with Crippen LogP contribution in [0.2, 0.25) is 0 Å². The summed E-state index contributed by atoms with van der Waals surface area (Å²) < 4.78 is 77.0. The number of hydrogen-bond donors (Lipinski definition) is 4. The number of carbonyl (C=O) groups is 2. The highest BCUT2D eigenvalue weighted by Gasteiger charge is 2.38. The maximum atomic E-state index is 13.4. The molecule has 0 unspecified atom stereocenters. The highest BCUT2D eigenvalue weighted by molar-refractivity contribution is 7.92. The average molecular weight is 778 g/mol. The number of morpholine rings is 1. The van der Waals surface area contributed by atoms with E-state index >= 15 is 0 Å². The molecule has 4 N–H and O–H groups in total. The van der Waals surface area contributed by atoms with Crippen LogP contribution in [0, 0.1) is 0 Å². The van der Waals surface area contributed by atoms with Crippen molar-refractivity contribution in [3.8, 4) is 22.8 Å². The van der Waals surface area contributed by atoms with Crippen molar-refractivity contribution in [2.75, 3.05) is 37.3 Å². The SMILES string of the molecule is COc1ccc(S(=O)(=O)Nc2cc(-c3cc(NC(=O)c4csc(CN5C[C@@H](C)O[C@@H](C)C5)n4)c4cn[nH]c4c3)cnc2OC)cc1.O=C(O)C(F)(F)F. The smallest absolute Gasteiger partial charge is 0.490 e. The molecule has 0 aliphatic carbocycles. The largest absolute Gasteiger partial charge is 0.497 e. The van der Waals surface area contributed by atoms with Crippen molar-refractivity contribution in [2.24, 2.45) is 0 Å². The average Bonchev–Trinajstić information content (AvgIpc) is 3.78. The number of alkyl halides is 3. The van der Waals surface area contributed by atoms with Gasteiger partial charge >= 0.3 is 12.1 Å². The Morgan fingerprint density at radius 2 is 1.70 bits per heavy atom. The molecule has 2 atom stereocenters. The minimum atomic E-state index is -5.08. The molecule has 5 aromatic rings. The van der Waals surface area contributed by atoms with Crippen molar-refractivity contribution < 1.29 is 50.5 Å². The first-order valence-electron chi connectivity index (χ1n) is 15.7. The Morgan fingerprint density at radius 1 is 1.04 bits per heavy atom. The molecule has 6 rings (SSSR count). The van der Waals surface area contributed by atoms with Crippen molar-refractivity contribution in [1.82, 2.24) is 25.1 Å². The number of methoxy groups -OCH3 is 2. The van der Waals surface area contributed by atoms with Gasteiger partial charge in [-0.15, -0.1) is 11.3 Å². The fourth-order valence-electron chi connectivity index (χ4n) is 5.40. The van der Waals surface area contributed by atoms with Gasteiger partial charge in [-0.3, -0.25) is 19.5 Å². The summed E-state index contributed by atoms with van der Waals surface area (Å²) in [6.07, 6.45) is -1.61. The summed E-state index contributed by atoms with van der Waals surface area (Å²) >= 11 is 1.44. The Morgan fingerprint density at radius 3 is 2.32 bits per heavy atom. The van der Waals surface area contributed by atoms with E-state index in [1.54, 1.807) is 42.0 Å². The third kappa shape index (κ3) is 9.77. The zero-order valence-electron chi connectivity index (χ0n) is 28.6. The number of fused-ring (bicyclic) bond motifs is 1. The second-order valence-electron chi connectivity index (χ2n) is 11.8. The van der Waals surface area contributed by atoms with Gasteiger partial charge in [-0.2, -0.15) is 18.3 Å². The number of carboxylic acids is 1. The third-order valence-corrected chi connectivity index (χ3v) is 9.89. The Hall–Kier alpha value is -5.31. The van der Waals surface area contributed by atoms with Crippen molar-refractivity contribution in [2.45, 2.75) is 43.7 Å². The number of amides is 1. The van der Waals surface area contributed by atoms with E-state index in [0.717, 1.165) is 18.1 Å². The fraction of sp³-hybridized carbons (Fsp3) is 0.303. The Kier molecular flexibility index (Phi) is 11.9. The number of anilines is 2. The normalized spacial score (nSPS) is 16.4. The van der Waals surface area contributed by atoms with Gasteiger partial charge in [-0.1, -0.05) is 0 Å². The second kappa shape index (κ2) is 16.1. The number of pyridine rings is 1. The lowest BCUT2D eigenvalue weighted by atomic mass is 10.0. The van der Waals surface area contributed by atoms with Gasteiger partial charge in [0.15, 0.2) is 0 Å². The van der Waals surface area contributed by atoms with Gasteiger partial charge in [0, 0.05) is 35.6 Å². The van der Waals surface area contributed by atoms with Crippen LogP contribution < -0.4 is 19.5 Å². The van der Waals surface area contributed by atoms with Crippen LogP contribution in [-0.4, -0.2) is 96.2 Å². The van der Waals surface area contributed by atoms with Gasteiger partial charge in [0.2, 0.25) is 5.88 Å². The summed E-state index contributed by atoms with van der Waals surface area (Å²) in [4.78, 5) is 33.5. The molecule has 1 aliphatic heterocycles. The molecule has 1 amide bonds. The molecular formula is C33H34F3N7O8S2. The number of carboxylic acid groups (broad SMARTS) is 1. The Balaban J connectivity index is 0.000000705. The number of nitrogens with zero attached hydrogens (tertiary/aromatic N) is 4.